The summed E-state index contributed by atoms with van der Waals surface area (Å²) in [7, 11) is 2.92. The van der Waals surface area contributed by atoms with Gasteiger partial charge in [0, 0.05) is 5.70 Å². The average Bonchev–Trinajstić information content (AvgIpc) is 2.53. The van der Waals surface area contributed by atoms with Gasteiger partial charge in [-0.25, -0.2) is 4.79 Å². The molecule has 0 unspecified atom stereocenters. The van der Waals surface area contributed by atoms with Crippen LogP contribution in [0.2, 0.25) is 0 Å². The van der Waals surface area contributed by atoms with Gasteiger partial charge in [0.05, 0.1) is 36.9 Å². The molecule has 6 nitrogen and oxygen atoms in total. The lowest BCUT2D eigenvalue weighted by Gasteiger charge is -2.30. The highest BCUT2D eigenvalue weighted by atomic mass is 79.9. The highest BCUT2D eigenvalue weighted by molar-refractivity contribution is 9.10. The summed E-state index contributed by atoms with van der Waals surface area (Å²) in [6.07, 6.45) is 0. The number of benzene rings is 1. The first kappa shape index (κ1) is 18.5. The minimum Gasteiger partial charge on any atom is -0.492 e. The summed E-state index contributed by atoms with van der Waals surface area (Å²) in [6.45, 7) is 4.17. The average molecular weight is 415 g/mol. The molecule has 0 aliphatic carbocycles. The lowest BCUT2D eigenvalue weighted by Crippen LogP contribution is -2.45. The van der Waals surface area contributed by atoms with E-state index >= 15 is 0 Å². The van der Waals surface area contributed by atoms with Gasteiger partial charge in [0.15, 0.2) is 16.6 Å². The van der Waals surface area contributed by atoms with Crippen molar-refractivity contribution in [2.45, 2.75) is 19.9 Å². The maximum atomic E-state index is 12.2. The minimum absolute atomic E-state index is 0.426. The van der Waals surface area contributed by atoms with Gasteiger partial charge in [0.1, 0.15) is 0 Å². The molecule has 0 aromatic heterocycles. The smallest absolute Gasteiger partial charge is 0.337 e. The first-order valence-corrected chi connectivity index (χ1v) is 8.49. The number of esters is 1. The number of rotatable bonds is 5. The van der Waals surface area contributed by atoms with Crippen molar-refractivity contribution in [3.8, 4) is 11.5 Å². The second kappa shape index (κ2) is 7.85. The van der Waals surface area contributed by atoms with Gasteiger partial charge in [-0.3, -0.25) is 0 Å². The highest BCUT2D eigenvalue weighted by Gasteiger charge is 2.31. The summed E-state index contributed by atoms with van der Waals surface area (Å²) in [5, 5.41) is 6.50. The van der Waals surface area contributed by atoms with Gasteiger partial charge < -0.3 is 24.8 Å². The SMILES string of the molecule is CCOc1cc([C@H]2NC(=S)NC(C)=C2C(=O)OC)cc(Br)c1OC. The number of methoxy groups -OCH3 is 2. The van der Waals surface area contributed by atoms with Crippen LogP contribution in [0.5, 0.6) is 11.5 Å². The number of carbonyl (C=O) groups excluding carboxylic acids is 1. The third-order valence-electron chi connectivity index (χ3n) is 3.54. The van der Waals surface area contributed by atoms with E-state index in [4.69, 9.17) is 26.4 Å². The monoisotopic (exact) mass is 414 g/mol. The van der Waals surface area contributed by atoms with Crippen LogP contribution >= 0.6 is 28.1 Å². The van der Waals surface area contributed by atoms with Crippen molar-refractivity contribution in [2.75, 3.05) is 20.8 Å². The Morgan fingerprint density at radius 3 is 2.67 bits per heavy atom. The molecule has 1 aromatic rings. The van der Waals surface area contributed by atoms with E-state index in [1.165, 1.54) is 7.11 Å². The molecule has 24 heavy (non-hydrogen) atoms. The summed E-state index contributed by atoms with van der Waals surface area (Å²) < 4.78 is 16.7. The van der Waals surface area contributed by atoms with E-state index < -0.39 is 12.0 Å². The fourth-order valence-corrected chi connectivity index (χ4v) is 3.43. The predicted octanol–water partition coefficient (Wildman–Crippen LogP) is 2.82. The third-order valence-corrected chi connectivity index (χ3v) is 4.35. The van der Waals surface area contributed by atoms with Gasteiger partial charge in [-0.2, -0.15) is 0 Å². The molecule has 0 amide bonds. The molecule has 0 saturated heterocycles. The van der Waals surface area contributed by atoms with Crippen LogP contribution in [-0.2, 0) is 9.53 Å². The Morgan fingerprint density at radius 1 is 1.38 bits per heavy atom. The molecule has 1 aromatic carbocycles. The van der Waals surface area contributed by atoms with Crippen LogP contribution in [0.3, 0.4) is 0 Å². The number of allylic oxidation sites excluding steroid dienone is 1. The van der Waals surface area contributed by atoms with E-state index in [2.05, 4.69) is 26.6 Å². The number of hydrogen-bond donors (Lipinski definition) is 2. The third kappa shape index (κ3) is 3.64. The summed E-state index contributed by atoms with van der Waals surface area (Å²) in [4.78, 5) is 12.2. The summed E-state index contributed by atoms with van der Waals surface area (Å²) in [5.41, 5.74) is 1.92. The normalized spacial score (nSPS) is 17.0. The van der Waals surface area contributed by atoms with Gasteiger partial charge >= 0.3 is 5.97 Å². The molecule has 2 N–H and O–H groups in total. The summed E-state index contributed by atoms with van der Waals surface area (Å²) in [6, 6.07) is 3.24. The van der Waals surface area contributed by atoms with Crippen LogP contribution in [0, 0.1) is 0 Å². The van der Waals surface area contributed by atoms with Crippen LogP contribution in [-0.4, -0.2) is 31.9 Å². The zero-order valence-corrected chi connectivity index (χ0v) is 16.3. The molecule has 1 aliphatic rings. The maximum Gasteiger partial charge on any atom is 0.337 e. The number of thiocarbonyl (C=S) groups is 1. The van der Waals surface area contributed by atoms with Gasteiger partial charge in [-0.15, -0.1) is 0 Å². The van der Waals surface area contributed by atoms with Crippen molar-refractivity contribution in [3.05, 3.63) is 33.4 Å². The molecule has 1 aliphatic heterocycles. The molecule has 0 fully saturated rings. The fourth-order valence-electron chi connectivity index (χ4n) is 2.54. The molecule has 0 saturated carbocycles. The number of ether oxygens (including phenoxy) is 3. The van der Waals surface area contributed by atoms with Crippen molar-refractivity contribution in [3.63, 3.8) is 0 Å². The maximum absolute atomic E-state index is 12.2. The zero-order chi connectivity index (χ0) is 17.9. The van der Waals surface area contributed by atoms with E-state index in [-0.39, 0.29) is 0 Å². The van der Waals surface area contributed by atoms with E-state index in [1.54, 1.807) is 14.0 Å². The number of hydrogen-bond acceptors (Lipinski definition) is 5. The van der Waals surface area contributed by atoms with Crippen molar-refractivity contribution in [1.82, 2.24) is 10.6 Å². The molecular formula is C16H19BrN2O4S. The van der Waals surface area contributed by atoms with Gasteiger partial charge in [-0.1, -0.05) is 0 Å². The van der Waals surface area contributed by atoms with E-state index in [9.17, 15) is 4.79 Å². The molecule has 0 radical (unpaired) electrons. The van der Waals surface area contributed by atoms with Crippen LogP contribution in [0.25, 0.3) is 0 Å². The van der Waals surface area contributed by atoms with E-state index in [0.717, 1.165) is 10.0 Å². The van der Waals surface area contributed by atoms with Gasteiger partial charge in [-0.05, 0) is 59.7 Å². The number of nitrogens with one attached hydrogen (secondary N) is 2. The minimum atomic E-state index is -0.451. The molecule has 8 heteroatoms. The number of halogens is 1. The largest absolute Gasteiger partial charge is 0.492 e. The van der Waals surface area contributed by atoms with Gasteiger partial charge in [0.2, 0.25) is 0 Å². The lowest BCUT2D eigenvalue weighted by molar-refractivity contribution is -0.136. The second-order valence-corrected chi connectivity index (χ2v) is 6.29. The Hall–Kier alpha value is -1.80. The van der Waals surface area contributed by atoms with Crippen molar-refractivity contribution in [2.24, 2.45) is 0 Å². The van der Waals surface area contributed by atoms with E-state index in [0.29, 0.717) is 34.5 Å². The quantitative estimate of drug-likeness (QED) is 0.566. The molecular weight excluding hydrogens is 396 g/mol. The Labute approximate surface area is 154 Å². The molecule has 1 atom stereocenters. The molecule has 1 heterocycles. The van der Waals surface area contributed by atoms with Crippen LogP contribution < -0.4 is 20.1 Å². The van der Waals surface area contributed by atoms with Crippen LogP contribution in [0.15, 0.2) is 27.9 Å². The Morgan fingerprint density at radius 2 is 2.08 bits per heavy atom. The molecule has 2 rings (SSSR count). The summed E-state index contributed by atoms with van der Waals surface area (Å²) in [5.74, 6) is 0.750. The fraction of sp³-hybridized carbons (Fsp3) is 0.375. The Kier molecular flexibility index (Phi) is 6.06. The van der Waals surface area contributed by atoms with Crippen LogP contribution in [0.4, 0.5) is 0 Å². The zero-order valence-electron chi connectivity index (χ0n) is 13.9. The van der Waals surface area contributed by atoms with Gasteiger partial charge in [0.25, 0.3) is 0 Å². The molecule has 0 spiro atoms. The summed E-state index contributed by atoms with van der Waals surface area (Å²) >= 11 is 8.71. The number of carbonyl (C=O) groups is 1. The predicted molar refractivity (Wildman–Crippen MR) is 98.2 cm³/mol. The van der Waals surface area contributed by atoms with Crippen molar-refractivity contribution < 1.29 is 19.0 Å². The Bertz CT molecular complexity index is 706. The standard InChI is InChI=1S/C16H19BrN2O4S/c1-5-23-11-7-9(6-10(17)14(11)21-3)13-12(15(20)22-4)8(2)18-16(24)19-13/h6-7,13H,5H2,1-4H3,(H2,18,19,24)/t13-/m1/s1. The first-order chi connectivity index (χ1) is 11.4. The first-order valence-electron chi connectivity index (χ1n) is 7.29. The Balaban J connectivity index is 2.57. The lowest BCUT2D eigenvalue weighted by atomic mass is 9.95. The van der Waals surface area contributed by atoms with Crippen LogP contribution in [0.1, 0.15) is 25.5 Å². The highest BCUT2D eigenvalue weighted by Crippen LogP contribution is 2.40. The van der Waals surface area contributed by atoms with E-state index in [1.807, 2.05) is 19.1 Å². The second-order valence-electron chi connectivity index (χ2n) is 5.03. The molecule has 0 bridgehead atoms. The molecule has 130 valence electrons. The van der Waals surface area contributed by atoms with Crippen molar-refractivity contribution >= 4 is 39.2 Å². The van der Waals surface area contributed by atoms with Crippen molar-refractivity contribution in [1.29, 1.82) is 0 Å². The topological polar surface area (TPSA) is 68.8 Å².